The van der Waals surface area contributed by atoms with E-state index in [-0.39, 0.29) is 17.1 Å². The van der Waals surface area contributed by atoms with Crippen LogP contribution >= 0.6 is 0 Å². The Hall–Kier alpha value is -0.996. The molecular weight excluding hydrogens is 448 g/mol. The molecule has 0 aliphatic carbocycles. The molecule has 5 nitrogen and oxygen atoms in total. The summed E-state index contributed by atoms with van der Waals surface area (Å²) in [6.45, 7) is 22.4. The van der Waals surface area contributed by atoms with Gasteiger partial charge in [-0.05, 0) is 49.3 Å². The monoisotopic (exact) mass is 498 g/mol. The number of aliphatic hydroxyl groups excluding tert-OH is 1. The van der Waals surface area contributed by atoms with E-state index >= 15 is 0 Å². The van der Waals surface area contributed by atoms with Crippen LogP contribution < -0.4 is 0 Å². The number of methoxy groups -OCH3 is 1. The Morgan fingerprint density at radius 1 is 1.03 bits per heavy atom. The molecule has 0 saturated carbocycles. The molecule has 0 bridgehead atoms. The summed E-state index contributed by atoms with van der Waals surface area (Å²) in [6, 6.07) is 3.08. The lowest BCUT2D eigenvalue weighted by atomic mass is 9.97. The van der Waals surface area contributed by atoms with Crippen molar-refractivity contribution in [3.8, 4) is 0 Å². The van der Waals surface area contributed by atoms with Gasteiger partial charge in [-0.1, -0.05) is 72.3 Å². The Labute approximate surface area is 205 Å². The van der Waals surface area contributed by atoms with E-state index in [1.165, 1.54) is 19.3 Å². The molecule has 0 aliphatic rings. The van der Waals surface area contributed by atoms with Gasteiger partial charge in [-0.25, -0.2) is 4.79 Å². The van der Waals surface area contributed by atoms with Crippen molar-refractivity contribution in [1.82, 2.24) is 0 Å². The number of allylic oxidation sites excluding steroid dienone is 2. The molecule has 7 heteroatoms. The van der Waals surface area contributed by atoms with E-state index < -0.39 is 28.7 Å². The first kappa shape index (κ1) is 32.0. The third kappa shape index (κ3) is 10.9. The van der Waals surface area contributed by atoms with Crippen LogP contribution in [0, 0.1) is 5.92 Å². The van der Waals surface area contributed by atoms with Crippen molar-refractivity contribution in [3.05, 3.63) is 36.0 Å². The average Bonchev–Trinajstić information content (AvgIpc) is 2.76. The molecule has 0 rings (SSSR count). The fraction of sp³-hybridized carbons (Fsp3) is 0.731. The van der Waals surface area contributed by atoms with Crippen LogP contribution in [-0.4, -0.2) is 53.6 Å². The molecule has 1 N–H and O–H groups in total. The summed E-state index contributed by atoms with van der Waals surface area (Å²) in [6.07, 6.45) is 7.92. The second-order valence-corrected chi connectivity index (χ2v) is 20.0. The minimum atomic E-state index is -1.90. The molecule has 0 unspecified atom stereocenters. The lowest BCUT2D eigenvalue weighted by Crippen LogP contribution is -2.43. The van der Waals surface area contributed by atoms with Crippen LogP contribution in [0.1, 0.15) is 55.4 Å². The van der Waals surface area contributed by atoms with Gasteiger partial charge in [-0.15, -0.1) is 0 Å². The van der Waals surface area contributed by atoms with Crippen LogP contribution in [0.25, 0.3) is 0 Å². The summed E-state index contributed by atoms with van der Waals surface area (Å²) >= 11 is 0. The van der Waals surface area contributed by atoms with E-state index in [4.69, 9.17) is 8.85 Å². The van der Waals surface area contributed by atoms with Gasteiger partial charge in [-0.2, -0.15) is 0 Å². The van der Waals surface area contributed by atoms with Crippen LogP contribution in [0.5, 0.6) is 0 Å². The first-order valence-corrected chi connectivity index (χ1v) is 17.7. The second kappa shape index (κ2) is 14.4. The molecule has 0 saturated heterocycles. The Balaban J connectivity index is 5.61. The predicted molar refractivity (Wildman–Crippen MR) is 144 cm³/mol. The molecule has 0 aromatic carbocycles. The van der Waals surface area contributed by atoms with Crippen LogP contribution in [-0.2, 0) is 18.4 Å². The third-order valence-electron chi connectivity index (χ3n) is 7.21. The third-order valence-corrected chi connectivity index (χ3v) is 16.4. The first-order chi connectivity index (χ1) is 15.2. The van der Waals surface area contributed by atoms with Gasteiger partial charge in [0.2, 0.25) is 0 Å². The highest BCUT2D eigenvalue weighted by Crippen LogP contribution is 2.36. The molecule has 0 radical (unpaired) electrons. The van der Waals surface area contributed by atoms with Crippen LogP contribution in [0.15, 0.2) is 36.0 Å². The van der Waals surface area contributed by atoms with Gasteiger partial charge in [0, 0.05) is 12.0 Å². The summed E-state index contributed by atoms with van der Waals surface area (Å²) < 4.78 is 17.7. The number of ether oxygens (including phenoxy) is 1. The molecule has 0 aromatic rings. The van der Waals surface area contributed by atoms with Gasteiger partial charge in [0.1, 0.15) is 0 Å². The van der Waals surface area contributed by atoms with Crippen molar-refractivity contribution in [2.24, 2.45) is 5.92 Å². The van der Waals surface area contributed by atoms with Crippen molar-refractivity contribution < 1.29 is 23.5 Å². The molecule has 0 aromatic heterocycles. The Kier molecular flexibility index (Phi) is 14.0. The molecule has 33 heavy (non-hydrogen) atoms. The highest BCUT2D eigenvalue weighted by Gasteiger charge is 2.37. The van der Waals surface area contributed by atoms with Gasteiger partial charge in [0.15, 0.2) is 16.6 Å². The summed E-state index contributed by atoms with van der Waals surface area (Å²) in [7, 11) is -2.36. The fourth-order valence-electron chi connectivity index (χ4n) is 3.14. The number of esters is 1. The molecule has 0 heterocycles. The van der Waals surface area contributed by atoms with Crippen LogP contribution in [0.4, 0.5) is 0 Å². The molecule has 0 aliphatic heterocycles. The number of carbonyl (C=O) groups is 1. The molecule has 0 spiro atoms. The number of hydrogen-bond donors (Lipinski definition) is 1. The van der Waals surface area contributed by atoms with E-state index in [1.807, 2.05) is 6.92 Å². The van der Waals surface area contributed by atoms with Crippen molar-refractivity contribution in [3.63, 3.8) is 0 Å². The molecule has 3 atom stereocenters. The van der Waals surface area contributed by atoms with E-state index in [1.54, 1.807) is 0 Å². The summed E-state index contributed by atoms with van der Waals surface area (Å²) in [5.41, 5.74) is 1.10. The molecule has 0 amide bonds. The van der Waals surface area contributed by atoms with Crippen LogP contribution in [0.2, 0.25) is 36.3 Å². The minimum absolute atomic E-state index is 0.182. The Bertz CT molecular complexity index is 664. The topological polar surface area (TPSA) is 65.0 Å². The number of aliphatic hydroxyl groups is 1. The lowest BCUT2D eigenvalue weighted by Gasteiger charge is -2.36. The maximum absolute atomic E-state index is 11.4. The van der Waals surface area contributed by atoms with E-state index in [9.17, 15) is 9.90 Å². The largest absolute Gasteiger partial charge is 0.466 e. The Morgan fingerprint density at radius 3 is 2.03 bits per heavy atom. The van der Waals surface area contributed by atoms with Gasteiger partial charge in [0.25, 0.3) is 0 Å². The Morgan fingerprint density at radius 2 is 1.58 bits per heavy atom. The normalized spacial score (nSPS) is 16.9. The quantitative estimate of drug-likeness (QED) is 0.126. The number of hydrogen-bond acceptors (Lipinski definition) is 5. The second-order valence-electron chi connectivity index (χ2n) is 10.4. The fourth-order valence-corrected chi connectivity index (χ4v) is 6.94. The average molecular weight is 499 g/mol. The summed E-state index contributed by atoms with van der Waals surface area (Å²) in [5, 5.41) is 10.9. The molecular formula is C26H50O5Si2. The van der Waals surface area contributed by atoms with Crippen molar-refractivity contribution >= 4 is 22.6 Å². The van der Waals surface area contributed by atoms with Crippen LogP contribution in [0.3, 0.4) is 0 Å². The minimum Gasteiger partial charge on any atom is -0.466 e. The maximum Gasteiger partial charge on any atom is 0.330 e. The zero-order valence-electron chi connectivity index (χ0n) is 23.0. The summed E-state index contributed by atoms with van der Waals surface area (Å²) in [4.78, 5) is 11.4. The van der Waals surface area contributed by atoms with Gasteiger partial charge in [-0.3, -0.25) is 0 Å². The van der Waals surface area contributed by atoms with Gasteiger partial charge < -0.3 is 18.7 Å². The van der Waals surface area contributed by atoms with E-state index in [2.05, 4.69) is 84.5 Å². The van der Waals surface area contributed by atoms with Gasteiger partial charge >= 0.3 is 5.97 Å². The van der Waals surface area contributed by atoms with E-state index in [0.717, 1.165) is 23.7 Å². The lowest BCUT2D eigenvalue weighted by molar-refractivity contribution is -0.134. The smallest absolute Gasteiger partial charge is 0.330 e. The standard InChI is InChI=1S/C26H50O5Si2/c1-12-33(13-2,14-3)31-24(22(5)23(27)16-18-25(28)29-9)17-15-21(4)19-20-30-32(10,11)26(6,7)8/h15-19,22-24,27H,12-14,20H2,1-11H3/b17-15+,18-16+,21-19+/t22-,23+,24+/m0/s1. The number of carbonyl (C=O) groups excluding carboxylic acids is 1. The summed E-state index contributed by atoms with van der Waals surface area (Å²) in [5.74, 6) is -0.691. The maximum atomic E-state index is 11.4. The highest BCUT2D eigenvalue weighted by atomic mass is 28.4. The van der Waals surface area contributed by atoms with Crippen molar-refractivity contribution in [2.75, 3.05) is 13.7 Å². The first-order valence-electron chi connectivity index (χ1n) is 12.3. The predicted octanol–water partition coefficient (Wildman–Crippen LogP) is 6.63. The van der Waals surface area contributed by atoms with Gasteiger partial charge in [0.05, 0.1) is 25.9 Å². The molecule has 192 valence electrons. The molecule has 0 fully saturated rings. The van der Waals surface area contributed by atoms with E-state index in [0.29, 0.717) is 6.61 Å². The zero-order chi connectivity index (χ0) is 25.9. The number of rotatable bonds is 14. The zero-order valence-corrected chi connectivity index (χ0v) is 25.0. The SMILES string of the molecule is CC[Si](CC)(CC)O[C@H](/C=C/C(C)=C/CO[Si](C)(C)C(C)(C)C)[C@@H](C)[C@H](O)/C=C/C(=O)OC. The van der Waals surface area contributed by atoms with Crippen molar-refractivity contribution in [1.29, 1.82) is 0 Å². The van der Waals surface area contributed by atoms with Crippen molar-refractivity contribution in [2.45, 2.75) is 104 Å². The highest BCUT2D eigenvalue weighted by molar-refractivity contribution is 6.74.